The first-order valence-corrected chi connectivity index (χ1v) is 6.16. The number of rotatable bonds is 2. The molecule has 0 N–H and O–H groups in total. The largest absolute Gasteiger partial charge is 0.262 e. The molecule has 0 spiro atoms. The van der Waals surface area contributed by atoms with E-state index in [4.69, 9.17) is 0 Å². The Labute approximate surface area is 119 Å². The van der Waals surface area contributed by atoms with E-state index in [9.17, 15) is 0 Å². The summed E-state index contributed by atoms with van der Waals surface area (Å²) in [6, 6.07) is 16.5. The number of hydrogen-bond donors (Lipinski definition) is 0. The molecule has 2 aromatic rings. The second-order valence-electron chi connectivity index (χ2n) is 4.19. The first kappa shape index (κ1) is 19.7. The molecule has 0 aliphatic carbocycles. The minimum atomic E-state index is 0. The molecule has 0 saturated heterocycles. The second kappa shape index (κ2) is 11.5. The molecule has 1 heterocycles. The number of nitrogens with zero attached hydrogens (tertiary/aromatic N) is 1. The van der Waals surface area contributed by atoms with Crippen LogP contribution >= 0.6 is 0 Å². The SMILES string of the molecule is C.C.CCC(C)c1ccccc1.Cc1ccccn1. The van der Waals surface area contributed by atoms with Crippen LogP contribution in [-0.2, 0) is 0 Å². The third kappa shape index (κ3) is 8.15. The molecule has 0 bridgehead atoms. The fraction of sp³-hybridized carbons (Fsp3) is 0.389. The Morgan fingerprint density at radius 1 is 0.947 bits per heavy atom. The fourth-order valence-electron chi connectivity index (χ4n) is 1.47. The molecule has 0 saturated carbocycles. The minimum absolute atomic E-state index is 0. The van der Waals surface area contributed by atoms with E-state index in [0.717, 1.165) is 5.69 Å². The van der Waals surface area contributed by atoms with Crippen molar-refractivity contribution in [2.24, 2.45) is 0 Å². The highest BCUT2D eigenvalue weighted by molar-refractivity contribution is 5.18. The minimum Gasteiger partial charge on any atom is -0.262 e. The van der Waals surface area contributed by atoms with Gasteiger partial charge in [-0.1, -0.05) is 65.1 Å². The number of hydrogen-bond acceptors (Lipinski definition) is 1. The highest BCUT2D eigenvalue weighted by atomic mass is 14.6. The van der Waals surface area contributed by atoms with Crippen molar-refractivity contribution < 1.29 is 0 Å². The van der Waals surface area contributed by atoms with Crippen LogP contribution in [0.5, 0.6) is 0 Å². The maximum absolute atomic E-state index is 3.98. The van der Waals surface area contributed by atoms with E-state index in [1.165, 1.54) is 12.0 Å². The molecule has 0 aliphatic heterocycles. The van der Waals surface area contributed by atoms with E-state index in [2.05, 4.69) is 49.2 Å². The molecule has 1 aromatic carbocycles. The normalized spacial score (nSPS) is 10.1. The van der Waals surface area contributed by atoms with Crippen LogP contribution in [0.25, 0.3) is 0 Å². The quantitative estimate of drug-likeness (QED) is 0.658. The van der Waals surface area contributed by atoms with Gasteiger partial charge in [0.15, 0.2) is 0 Å². The summed E-state index contributed by atoms with van der Waals surface area (Å²) in [5.41, 5.74) is 2.52. The lowest BCUT2D eigenvalue weighted by Gasteiger charge is -2.06. The van der Waals surface area contributed by atoms with Crippen LogP contribution < -0.4 is 0 Å². The molecule has 1 aromatic heterocycles. The zero-order chi connectivity index (χ0) is 12.5. The summed E-state index contributed by atoms with van der Waals surface area (Å²) in [6.45, 7) is 6.45. The standard InChI is InChI=1S/C10H14.C6H7N.2CH4/c1-3-9(2)10-7-5-4-6-8-10;1-6-4-2-3-5-7-6;;/h4-9H,3H2,1-2H3;2-5H,1H3;2*1H4. The van der Waals surface area contributed by atoms with E-state index in [1.807, 2.05) is 25.1 Å². The summed E-state index contributed by atoms with van der Waals surface area (Å²) >= 11 is 0. The lowest BCUT2D eigenvalue weighted by molar-refractivity contribution is 0.733. The molecule has 19 heavy (non-hydrogen) atoms. The van der Waals surface area contributed by atoms with Crippen LogP contribution in [0.4, 0.5) is 0 Å². The number of benzene rings is 1. The van der Waals surface area contributed by atoms with Gasteiger partial charge < -0.3 is 0 Å². The Balaban J connectivity index is 0. The van der Waals surface area contributed by atoms with Crippen LogP contribution in [0.15, 0.2) is 54.7 Å². The number of pyridine rings is 1. The van der Waals surface area contributed by atoms with Crippen molar-refractivity contribution in [2.45, 2.75) is 48.0 Å². The van der Waals surface area contributed by atoms with E-state index < -0.39 is 0 Å². The second-order valence-corrected chi connectivity index (χ2v) is 4.19. The molecule has 106 valence electrons. The monoisotopic (exact) mass is 259 g/mol. The molecule has 1 heteroatoms. The summed E-state index contributed by atoms with van der Waals surface area (Å²) in [7, 11) is 0. The van der Waals surface area contributed by atoms with Crippen LogP contribution in [0.2, 0.25) is 0 Å². The van der Waals surface area contributed by atoms with Gasteiger partial charge in [0.1, 0.15) is 0 Å². The summed E-state index contributed by atoms with van der Waals surface area (Å²) in [5, 5.41) is 0. The molecular formula is C18H29N. The molecule has 0 amide bonds. The van der Waals surface area contributed by atoms with Gasteiger partial charge in [-0.15, -0.1) is 0 Å². The van der Waals surface area contributed by atoms with Gasteiger partial charge in [0.05, 0.1) is 0 Å². The average Bonchev–Trinajstić information content (AvgIpc) is 2.40. The molecule has 1 atom stereocenters. The topological polar surface area (TPSA) is 12.9 Å². The number of aromatic nitrogens is 1. The summed E-state index contributed by atoms with van der Waals surface area (Å²) in [6.07, 6.45) is 3.01. The lowest BCUT2D eigenvalue weighted by atomic mass is 9.99. The molecule has 0 fully saturated rings. The highest BCUT2D eigenvalue weighted by Crippen LogP contribution is 2.16. The highest BCUT2D eigenvalue weighted by Gasteiger charge is 1.98. The smallest absolute Gasteiger partial charge is 0.0372 e. The predicted octanol–water partition coefficient (Wildman–Crippen LogP) is 5.86. The van der Waals surface area contributed by atoms with Gasteiger partial charge in [0.2, 0.25) is 0 Å². The third-order valence-electron chi connectivity index (χ3n) is 2.79. The fourth-order valence-corrected chi connectivity index (χ4v) is 1.47. The van der Waals surface area contributed by atoms with Crippen molar-refractivity contribution in [3.05, 3.63) is 66.0 Å². The molecule has 2 rings (SSSR count). The van der Waals surface area contributed by atoms with Crippen molar-refractivity contribution in [1.82, 2.24) is 4.98 Å². The van der Waals surface area contributed by atoms with Gasteiger partial charge in [-0.3, -0.25) is 4.98 Å². The first-order chi connectivity index (χ1) is 8.24. The average molecular weight is 259 g/mol. The predicted molar refractivity (Wildman–Crippen MR) is 87.6 cm³/mol. The van der Waals surface area contributed by atoms with Crippen molar-refractivity contribution >= 4 is 0 Å². The first-order valence-electron chi connectivity index (χ1n) is 6.16. The van der Waals surface area contributed by atoms with Crippen molar-refractivity contribution in [1.29, 1.82) is 0 Å². The van der Waals surface area contributed by atoms with Gasteiger partial charge in [0, 0.05) is 11.9 Å². The van der Waals surface area contributed by atoms with E-state index in [0.29, 0.717) is 5.92 Å². The Hall–Kier alpha value is -1.63. The molecule has 1 unspecified atom stereocenters. The Morgan fingerprint density at radius 2 is 1.53 bits per heavy atom. The summed E-state index contributed by atoms with van der Waals surface area (Å²) in [4.78, 5) is 3.98. The molecule has 0 aliphatic rings. The summed E-state index contributed by atoms with van der Waals surface area (Å²) in [5.74, 6) is 0.709. The van der Waals surface area contributed by atoms with E-state index >= 15 is 0 Å². The van der Waals surface area contributed by atoms with Gasteiger partial charge >= 0.3 is 0 Å². The summed E-state index contributed by atoms with van der Waals surface area (Å²) < 4.78 is 0. The van der Waals surface area contributed by atoms with Crippen molar-refractivity contribution in [3.63, 3.8) is 0 Å². The van der Waals surface area contributed by atoms with Crippen molar-refractivity contribution in [2.75, 3.05) is 0 Å². The van der Waals surface area contributed by atoms with Gasteiger partial charge in [-0.2, -0.15) is 0 Å². The van der Waals surface area contributed by atoms with Crippen LogP contribution in [0, 0.1) is 6.92 Å². The van der Waals surface area contributed by atoms with E-state index in [-0.39, 0.29) is 14.9 Å². The zero-order valence-electron chi connectivity index (χ0n) is 10.9. The maximum Gasteiger partial charge on any atom is 0.0372 e. The molecule has 1 nitrogen and oxygen atoms in total. The number of aryl methyl sites for hydroxylation is 1. The maximum atomic E-state index is 3.98. The Morgan fingerprint density at radius 3 is 1.89 bits per heavy atom. The van der Waals surface area contributed by atoms with Gasteiger partial charge in [-0.25, -0.2) is 0 Å². The lowest BCUT2D eigenvalue weighted by Crippen LogP contribution is -1.88. The van der Waals surface area contributed by atoms with Crippen LogP contribution in [0.3, 0.4) is 0 Å². The van der Waals surface area contributed by atoms with Gasteiger partial charge in [0.25, 0.3) is 0 Å². The third-order valence-corrected chi connectivity index (χ3v) is 2.79. The van der Waals surface area contributed by atoms with E-state index in [1.54, 1.807) is 6.20 Å². The zero-order valence-corrected chi connectivity index (χ0v) is 10.9. The Bertz CT molecular complexity index is 395. The van der Waals surface area contributed by atoms with Crippen LogP contribution in [0.1, 0.15) is 52.3 Å². The Kier molecular flexibility index (Phi) is 11.9. The van der Waals surface area contributed by atoms with Crippen LogP contribution in [-0.4, -0.2) is 4.98 Å². The molecule has 0 radical (unpaired) electrons. The molecular weight excluding hydrogens is 230 g/mol. The van der Waals surface area contributed by atoms with Gasteiger partial charge in [-0.05, 0) is 37.0 Å². The van der Waals surface area contributed by atoms with Crippen molar-refractivity contribution in [3.8, 4) is 0 Å².